The van der Waals surface area contributed by atoms with Gasteiger partial charge >= 0.3 is 0 Å². The molecule has 86 valence electrons. The van der Waals surface area contributed by atoms with Crippen molar-refractivity contribution in [2.24, 2.45) is 0 Å². The van der Waals surface area contributed by atoms with Gasteiger partial charge in [-0.05, 0) is 13.0 Å². The molecule has 0 aliphatic heterocycles. The molecule has 0 aliphatic rings. The number of likely N-dealkylation sites (N-methyl/N-ethyl adjacent to an activating group) is 1. The Morgan fingerprint density at radius 2 is 2.13 bits per heavy atom. The molecule has 0 aromatic carbocycles. The molecule has 0 saturated heterocycles. The maximum absolute atomic E-state index is 5.73. The smallest absolute Gasteiger partial charge is 0.195 e. The Bertz CT molecular complexity index is 292. The molecule has 0 atom stereocenters. The highest BCUT2D eigenvalue weighted by Gasteiger charge is 2.22. The second kappa shape index (κ2) is 5.31. The van der Waals surface area contributed by atoms with Gasteiger partial charge in [0.05, 0.1) is 6.20 Å². The molecule has 15 heavy (non-hydrogen) atoms. The fraction of sp³-hybridized carbons (Fsp3) is 0.750. The number of nitrogens with zero attached hydrogens (tertiary/aromatic N) is 1. The third-order valence-electron chi connectivity index (χ3n) is 2.87. The minimum atomic E-state index is 0.101. The first-order chi connectivity index (χ1) is 7.10. The lowest BCUT2D eigenvalue weighted by Crippen LogP contribution is -2.16. The summed E-state index contributed by atoms with van der Waals surface area (Å²) in [7, 11) is 0. The summed E-state index contributed by atoms with van der Waals surface area (Å²) >= 11 is 0. The standard InChI is InChI=1S/C12H22N2O/c1-5-12(3,4)10-9-14-11(15-10)7-8-13-6-2/h9,13H,5-8H2,1-4H3. The van der Waals surface area contributed by atoms with Gasteiger partial charge in [-0.1, -0.05) is 27.7 Å². The van der Waals surface area contributed by atoms with E-state index in [1.54, 1.807) is 0 Å². The first-order valence-electron chi connectivity index (χ1n) is 5.76. The second-order valence-electron chi connectivity index (χ2n) is 4.46. The molecule has 0 unspecified atom stereocenters. The highest BCUT2D eigenvalue weighted by Crippen LogP contribution is 2.26. The predicted octanol–water partition coefficient (Wildman–Crippen LogP) is 2.51. The molecule has 0 fully saturated rings. The van der Waals surface area contributed by atoms with E-state index < -0.39 is 0 Å². The van der Waals surface area contributed by atoms with Crippen molar-refractivity contribution in [2.75, 3.05) is 13.1 Å². The molecule has 1 heterocycles. The van der Waals surface area contributed by atoms with E-state index in [1.165, 1.54) is 0 Å². The van der Waals surface area contributed by atoms with Crippen LogP contribution in [-0.2, 0) is 11.8 Å². The lowest BCUT2D eigenvalue weighted by molar-refractivity contribution is 0.354. The summed E-state index contributed by atoms with van der Waals surface area (Å²) < 4.78 is 5.73. The first-order valence-corrected chi connectivity index (χ1v) is 5.76. The van der Waals surface area contributed by atoms with Gasteiger partial charge in [-0.15, -0.1) is 0 Å². The van der Waals surface area contributed by atoms with Crippen LogP contribution >= 0.6 is 0 Å². The Morgan fingerprint density at radius 3 is 2.73 bits per heavy atom. The van der Waals surface area contributed by atoms with Crippen LogP contribution in [-0.4, -0.2) is 18.1 Å². The minimum Gasteiger partial charge on any atom is -0.445 e. The summed E-state index contributed by atoms with van der Waals surface area (Å²) in [5, 5.41) is 3.26. The van der Waals surface area contributed by atoms with Gasteiger partial charge in [-0.3, -0.25) is 0 Å². The topological polar surface area (TPSA) is 38.1 Å². The summed E-state index contributed by atoms with van der Waals surface area (Å²) in [6.45, 7) is 10.6. The molecule has 1 N–H and O–H groups in total. The number of hydrogen-bond donors (Lipinski definition) is 1. The Hall–Kier alpha value is -0.830. The molecule has 0 spiro atoms. The van der Waals surface area contributed by atoms with Crippen LogP contribution in [0.15, 0.2) is 10.6 Å². The van der Waals surface area contributed by atoms with E-state index in [4.69, 9.17) is 4.42 Å². The fourth-order valence-corrected chi connectivity index (χ4v) is 1.29. The van der Waals surface area contributed by atoms with E-state index in [0.29, 0.717) is 0 Å². The molecule has 3 nitrogen and oxygen atoms in total. The normalized spacial score (nSPS) is 12.0. The average molecular weight is 210 g/mol. The van der Waals surface area contributed by atoms with Gasteiger partial charge in [0.1, 0.15) is 5.76 Å². The van der Waals surface area contributed by atoms with Crippen molar-refractivity contribution in [3.63, 3.8) is 0 Å². The van der Waals surface area contributed by atoms with Crippen molar-refractivity contribution in [3.05, 3.63) is 17.8 Å². The molecule has 1 aromatic heterocycles. The highest BCUT2D eigenvalue weighted by atomic mass is 16.4. The van der Waals surface area contributed by atoms with E-state index in [0.717, 1.165) is 37.6 Å². The summed E-state index contributed by atoms with van der Waals surface area (Å²) in [6.07, 6.45) is 3.80. The van der Waals surface area contributed by atoms with Crippen molar-refractivity contribution in [1.82, 2.24) is 10.3 Å². The fourth-order valence-electron chi connectivity index (χ4n) is 1.29. The van der Waals surface area contributed by atoms with E-state index >= 15 is 0 Å². The van der Waals surface area contributed by atoms with Crippen LogP contribution in [0.3, 0.4) is 0 Å². The molecule has 3 heteroatoms. The van der Waals surface area contributed by atoms with Crippen LogP contribution in [0.2, 0.25) is 0 Å². The third kappa shape index (κ3) is 3.34. The van der Waals surface area contributed by atoms with Gasteiger partial charge < -0.3 is 9.73 Å². The lowest BCUT2D eigenvalue weighted by Gasteiger charge is -2.18. The molecule has 0 radical (unpaired) electrons. The summed E-state index contributed by atoms with van der Waals surface area (Å²) in [5.74, 6) is 1.84. The molecule has 1 rings (SSSR count). The Kier molecular flexibility index (Phi) is 4.33. The first kappa shape index (κ1) is 12.2. The Morgan fingerprint density at radius 1 is 1.40 bits per heavy atom. The zero-order chi connectivity index (χ0) is 11.3. The largest absolute Gasteiger partial charge is 0.445 e. The molecule has 0 saturated carbocycles. The minimum absolute atomic E-state index is 0.101. The molecule has 1 aromatic rings. The van der Waals surface area contributed by atoms with Gasteiger partial charge in [-0.25, -0.2) is 4.98 Å². The lowest BCUT2D eigenvalue weighted by atomic mass is 9.88. The van der Waals surface area contributed by atoms with Crippen LogP contribution in [0.5, 0.6) is 0 Å². The SMILES string of the molecule is CCNCCc1ncc(C(C)(C)CC)o1. The maximum atomic E-state index is 5.73. The summed E-state index contributed by atoms with van der Waals surface area (Å²) in [5.41, 5.74) is 0.101. The van der Waals surface area contributed by atoms with Crippen molar-refractivity contribution in [2.45, 2.75) is 46.0 Å². The molecular weight excluding hydrogens is 188 g/mol. The van der Waals surface area contributed by atoms with E-state index in [9.17, 15) is 0 Å². The van der Waals surface area contributed by atoms with Gasteiger partial charge in [-0.2, -0.15) is 0 Å². The quantitative estimate of drug-likeness (QED) is 0.733. The van der Waals surface area contributed by atoms with E-state index in [1.807, 2.05) is 6.20 Å². The van der Waals surface area contributed by atoms with Gasteiger partial charge in [0.25, 0.3) is 0 Å². The maximum Gasteiger partial charge on any atom is 0.195 e. The van der Waals surface area contributed by atoms with Crippen LogP contribution in [0, 0.1) is 0 Å². The number of nitrogens with one attached hydrogen (secondary N) is 1. The van der Waals surface area contributed by atoms with Crippen molar-refractivity contribution >= 4 is 0 Å². The zero-order valence-electron chi connectivity index (χ0n) is 10.3. The van der Waals surface area contributed by atoms with E-state index in [-0.39, 0.29) is 5.41 Å². The molecule has 0 aliphatic carbocycles. The van der Waals surface area contributed by atoms with Gasteiger partial charge in [0.15, 0.2) is 5.89 Å². The van der Waals surface area contributed by atoms with Crippen LogP contribution in [0.1, 0.15) is 45.8 Å². The van der Waals surface area contributed by atoms with Crippen molar-refractivity contribution < 1.29 is 4.42 Å². The summed E-state index contributed by atoms with van der Waals surface area (Å²) in [6, 6.07) is 0. The van der Waals surface area contributed by atoms with Crippen LogP contribution in [0.4, 0.5) is 0 Å². The van der Waals surface area contributed by atoms with E-state index in [2.05, 4.69) is 38.0 Å². The monoisotopic (exact) mass is 210 g/mol. The average Bonchev–Trinajstić information content (AvgIpc) is 2.68. The number of rotatable bonds is 6. The van der Waals surface area contributed by atoms with Crippen LogP contribution < -0.4 is 5.32 Å². The summed E-state index contributed by atoms with van der Waals surface area (Å²) in [4.78, 5) is 4.30. The molecular formula is C12H22N2O. The highest BCUT2D eigenvalue weighted by molar-refractivity contribution is 5.07. The second-order valence-corrected chi connectivity index (χ2v) is 4.46. The van der Waals surface area contributed by atoms with Crippen LogP contribution in [0.25, 0.3) is 0 Å². The molecule has 0 bridgehead atoms. The zero-order valence-corrected chi connectivity index (χ0v) is 10.3. The number of hydrogen-bond acceptors (Lipinski definition) is 3. The Labute approximate surface area is 92.3 Å². The predicted molar refractivity (Wildman–Crippen MR) is 62.1 cm³/mol. The van der Waals surface area contributed by atoms with Crippen molar-refractivity contribution in [1.29, 1.82) is 0 Å². The number of aromatic nitrogens is 1. The van der Waals surface area contributed by atoms with Gasteiger partial charge in [0.2, 0.25) is 0 Å². The number of oxazole rings is 1. The molecule has 0 amide bonds. The van der Waals surface area contributed by atoms with Gasteiger partial charge in [0, 0.05) is 18.4 Å². The Balaban J connectivity index is 2.56. The van der Waals surface area contributed by atoms with Crippen molar-refractivity contribution in [3.8, 4) is 0 Å². The third-order valence-corrected chi connectivity index (χ3v) is 2.87.